The Morgan fingerprint density at radius 3 is 2.76 bits per heavy atom. The van der Waals surface area contributed by atoms with Gasteiger partial charge in [0.05, 0.1) is 6.61 Å². The molecule has 0 radical (unpaired) electrons. The van der Waals surface area contributed by atoms with E-state index in [1.54, 1.807) is 23.1 Å². The van der Waals surface area contributed by atoms with Crippen LogP contribution in [0.5, 0.6) is 11.5 Å². The lowest BCUT2D eigenvalue weighted by Crippen LogP contribution is -2.34. The van der Waals surface area contributed by atoms with Crippen molar-refractivity contribution in [1.82, 2.24) is 4.90 Å². The fraction of sp³-hybridized carbons (Fsp3) is 0.412. The second-order valence-electron chi connectivity index (χ2n) is 5.62. The van der Waals surface area contributed by atoms with Gasteiger partial charge < -0.3 is 14.7 Å². The number of hydrogen-bond acceptors (Lipinski definition) is 4. The molecule has 1 N–H and O–H groups in total. The van der Waals surface area contributed by atoms with Gasteiger partial charge in [-0.2, -0.15) is 0 Å². The van der Waals surface area contributed by atoms with Crippen LogP contribution in [-0.4, -0.2) is 41.5 Å². The van der Waals surface area contributed by atoms with E-state index >= 15 is 0 Å². The van der Waals surface area contributed by atoms with Crippen LogP contribution in [0.1, 0.15) is 31.2 Å². The topological polar surface area (TPSA) is 116 Å². The van der Waals surface area contributed by atoms with Gasteiger partial charge in [-0.25, -0.2) is 0 Å². The van der Waals surface area contributed by atoms with Crippen LogP contribution in [-0.2, 0) is 9.59 Å². The third-order valence-corrected chi connectivity index (χ3v) is 3.82. The molecule has 25 heavy (non-hydrogen) atoms. The van der Waals surface area contributed by atoms with E-state index in [-0.39, 0.29) is 24.7 Å². The number of nitrogens with zero attached hydrogens (tertiary/aromatic N) is 4. The number of aromatic hydroxyl groups is 1. The molecule has 1 aromatic carbocycles. The molecule has 0 bridgehead atoms. The second kappa shape index (κ2) is 9.34. The van der Waals surface area contributed by atoms with Crippen LogP contribution in [0.25, 0.3) is 16.5 Å². The van der Waals surface area contributed by atoms with Crippen LogP contribution >= 0.6 is 0 Å². The zero-order chi connectivity index (χ0) is 18.1. The van der Waals surface area contributed by atoms with Gasteiger partial charge in [0.2, 0.25) is 11.8 Å². The monoisotopic (exact) mass is 344 g/mol. The third-order valence-electron chi connectivity index (χ3n) is 3.82. The Morgan fingerprint density at radius 2 is 2.08 bits per heavy atom. The van der Waals surface area contributed by atoms with Crippen molar-refractivity contribution >= 4 is 17.9 Å². The minimum Gasteiger partial charge on any atom is -0.507 e. The molecule has 8 heteroatoms. The number of likely N-dealkylation sites (tertiary alicyclic amines) is 1. The van der Waals surface area contributed by atoms with Crippen molar-refractivity contribution in [3.05, 3.63) is 40.3 Å². The van der Waals surface area contributed by atoms with Gasteiger partial charge in [-0.15, -0.1) is 0 Å². The van der Waals surface area contributed by atoms with E-state index in [0.29, 0.717) is 11.3 Å². The van der Waals surface area contributed by atoms with Crippen molar-refractivity contribution in [2.24, 2.45) is 5.11 Å². The van der Waals surface area contributed by atoms with Gasteiger partial charge in [0, 0.05) is 42.1 Å². The third kappa shape index (κ3) is 5.86. The number of rotatable bonds is 6. The second-order valence-corrected chi connectivity index (χ2v) is 5.62. The lowest BCUT2D eigenvalue weighted by Gasteiger charge is -2.25. The standard InChI is InChI=1S/C17H20N4O4/c18-20-19-16(23)8-11-25-14-6-4-13(15(22)12-14)5-7-17(24)21-9-2-1-3-10-21/h4-7,12,22H,1-3,8-11H2/b7-5+. The maximum absolute atomic E-state index is 12.1. The minimum absolute atomic E-state index is 0.0263. The van der Waals surface area contributed by atoms with E-state index in [1.165, 1.54) is 12.1 Å². The van der Waals surface area contributed by atoms with Crippen molar-refractivity contribution in [2.45, 2.75) is 25.7 Å². The van der Waals surface area contributed by atoms with Crippen LogP contribution in [0, 0.1) is 0 Å². The molecule has 0 unspecified atom stereocenters. The predicted octanol–water partition coefficient (Wildman–Crippen LogP) is 3.02. The molecular weight excluding hydrogens is 324 g/mol. The van der Waals surface area contributed by atoms with Crippen LogP contribution in [0.2, 0.25) is 0 Å². The Kier molecular flexibility index (Phi) is 6.86. The number of benzene rings is 1. The molecule has 132 valence electrons. The van der Waals surface area contributed by atoms with E-state index in [0.717, 1.165) is 32.4 Å². The molecule has 1 aromatic rings. The van der Waals surface area contributed by atoms with E-state index in [1.807, 2.05) is 0 Å². The SMILES string of the molecule is [N-]=[N+]=NC(=O)CCOc1ccc(/C=C/C(=O)N2CCCCC2)c(O)c1. The Labute approximate surface area is 145 Å². The molecule has 8 nitrogen and oxygen atoms in total. The molecule has 1 fully saturated rings. The maximum atomic E-state index is 12.1. The number of hydrogen-bond donors (Lipinski definition) is 1. The highest BCUT2D eigenvalue weighted by Crippen LogP contribution is 2.25. The number of ether oxygens (including phenoxy) is 1. The summed E-state index contributed by atoms with van der Waals surface area (Å²) in [6.45, 7) is 1.59. The Hall–Kier alpha value is -2.99. The first-order valence-electron chi connectivity index (χ1n) is 8.11. The van der Waals surface area contributed by atoms with Gasteiger partial charge in [-0.3, -0.25) is 9.59 Å². The maximum Gasteiger partial charge on any atom is 0.246 e. The van der Waals surface area contributed by atoms with Gasteiger partial charge in [0.1, 0.15) is 11.5 Å². The first kappa shape index (κ1) is 18.4. The zero-order valence-electron chi connectivity index (χ0n) is 13.8. The largest absolute Gasteiger partial charge is 0.507 e. The summed E-state index contributed by atoms with van der Waals surface area (Å²) in [5.41, 5.74) is 8.63. The van der Waals surface area contributed by atoms with Crippen molar-refractivity contribution in [1.29, 1.82) is 0 Å². The number of amides is 2. The fourth-order valence-electron chi connectivity index (χ4n) is 2.49. The summed E-state index contributed by atoms with van der Waals surface area (Å²) in [4.78, 5) is 27.3. The molecule has 0 atom stereocenters. The molecule has 2 rings (SSSR count). The van der Waals surface area contributed by atoms with E-state index in [2.05, 4.69) is 10.0 Å². The molecule has 2 amide bonds. The minimum atomic E-state index is -0.609. The lowest BCUT2D eigenvalue weighted by atomic mass is 10.1. The average molecular weight is 344 g/mol. The molecule has 1 aliphatic heterocycles. The van der Waals surface area contributed by atoms with E-state index in [9.17, 15) is 14.7 Å². The van der Waals surface area contributed by atoms with E-state index < -0.39 is 5.91 Å². The number of phenols is 1. The summed E-state index contributed by atoms with van der Waals surface area (Å²) in [5, 5.41) is 13.0. The van der Waals surface area contributed by atoms with Gasteiger partial charge in [-0.1, -0.05) is 0 Å². The summed E-state index contributed by atoms with van der Waals surface area (Å²) in [5.74, 6) is -0.314. The number of azide groups is 1. The summed E-state index contributed by atoms with van der Waals surface area (Å²) >= 11 is 0. The molecule has 1 heterocycles. The van der Waals surface area contributed by atoms with Crippen LogP contribution < -0.4 is 4.74 Å². The molecular formula is C17H20N4O4. The number of phenolic OH excluding ortho intramolecular Hbond substituents is 1. The number of carbonyl (C=O) groups excluding carboxylic acids is 2. The highest BCUT2D eigenvalue weighted by atomic mass is 16.5. The van der Waals surface area contributed by atoms with Crippen LogP contribution in [0.15, 0.2) is 29.4 Å². The lowest BCUT2D eigenvalue weighted by molar-refractivity contribution is -0.126. The first-order valence-corrected chi connectivity index (χ1v) is 8.11. The highest BCUT2D eigenvalue weighted by molar-refractivity contribution is 5.92. The summed E-state index contributed by atoms with van der Waals surface area (Å²) < 4.78 is 5.32. The van der Waals surface area contributed by atoms with Crippen molar-refractivity contribution in [2.75, 3.05) is 19.7 Å². The summed E-state index contributed by atoms with van der Waals surface area (Å²) in [6, 6.07) is 4.66. The van der Waals surface area contributed by atoms with Crippen molar-refractivity contribution < 1.29 is 19.4 Å². The molecule has 0 aromatic heterocycles. The van der Waals surface area contributed by atoms with Crippen molar-refractivity contribution in [3.63, 3.8) is 0 Å². The smallest absolute Gasteiger partial charge is 0.246 e. The quantitative estimate of drug-likeness (QED) is 0.369. The molecule has 0 spiro atoms. The van der Waals surface area contributed by atoms with Crippen LogP contribution in [0.4, 0.5) is 0 Å². The van der Waals surface area contributed by atoms with Gasteiger partial charge >= 0.3 is 0 Å². The Morgan fingerprint density at radius 1 is 1.32 bits per heavy atom. The Balaban J connectivity index is 1.90. The molecule has 1 saturated heterocycles. The average Bonchev–Trinajstić information content (AvgIpc) is 2.62. The first-order chi connectivity index (χ1) is 12.1. The van der Waals surface area contributed by atoms with Crippen LogP contribution in [0.3, 0.4) is 0 Å². The number of carbonyl (C=O) groups is 2. The molecule has 1 aliphatic rings. The normalized spacial score (nSPS) is 14.2. The fourth-order valence-corrected chi connectivity index (χ4v) is 2.49. The predicted molar refractivity (Wildman–Crippen MR) is 91.8 cm³/mol. The molecule has 0 aliphatic carbocycles. The highest BCUT2D eigenvalue weighted by Gasteiger charge is 2.13. The van der Waals surface area contributed by atoms with E-state index in [4.69, 9.17) is 10.3 Å². The Bertz CT molecular complexity index is 705. The number of piperidine rings is 1. The van der Waals surface area contributed by atoms with Gasteiger partial charge in [0.15, 0.2) is 0 Å². The molecule has 0 saturated carbocycles. The zero-order valence-corrected chi connectivity index (χ0v) is 13.8. The van der Waals surface area contributed by atoms with Gasteiger partial charge in [-0.05, 0) is 48.1 Å². The summed E-state index contributed by atoms with van der Waals surface area (Å²) in [6.07, 6.45) is 6.19. The van der Waals surface area contributed by atoms with Crippen molar-refractivity contribution in [3.8, 4) is 11.5 Å². The summed E-state index contributed by atoms with van der Waals surface area (Å²) in [7, 11) is 0. The van der Waals surface area contributed by atoms with Gasteiger partial charge in [0.25, 0.3) is 0 Å².